The van der Waals surface area contributed by atoms with Crippen LogP contribution in [0.4, 0.5) is 0 Å². The number of fused-ring (bicyclic) bond motifs is 1. The van der Waals surface area contributed by atoms with Gasteiger partial charge in [-0.25, -0.2) is 0 Å². The Morgan fingerprint density at radius 1 is 1.22 bits per heavy atom. The quantitative estimate of drug-likeness (QED) is 0.847. The molecular weight excluding hydrogens is 340 g/mol. The summed E-state index contributed by atoms with van der Waals surface area (Å²) in [6.45, 7) is 8.23. The second-order valence-electron chi connectivity index (χ2n) is 7.61. The first kappa shape index (κ1) is 18.5. The fourth-order valence-corrected chi connectivity index (χ4v) is 4.40. The molecule has 27 heavy (non-hydrogen) atoms. The summed E-state index contributed by atoms with van der Waals surface area (Å²) in [6.07, 6.45) is 4.42. The summed E-state index contributed by atoms with van der Waals surface area (Å²) < 4.78 is 11.2. The van der Waals surface area contributed by atoms with Crippen molar-refractivity contribution in [2.75, 3.05) is 40.0 Å². The van der Waals surface area contributed by atoms with Gasteiger partial charge in [-0.3, -0.25) is 14.9 Å². The van der Waals surface area contributed by atoms with Crippen LogP contribution in [0.15, 0.2) is 30.5 Å². The van der Waals surface area contributed by atoms with Crippen molar-refractivity contribution in [1.82, 2.24) is 20.0 Å². The highest BCUT2D eigenvalue weighted by atomic mass is 16.5. The molecule has 1 N–H and O–H groups in total. The number of rotatable bonds is 6. The molecule has 3 heterocycles. The molecule has 146 valence electrons. The molecule has 6 heteroatoms. The number of hydrogen-bond acceptors (Lipinski definition) is 5. The zero-order valence-electron chi connectivity index (χ0n) is 16.4. The topological polar surface area (TPSA) is 53.6 Å². The van der Waals surface area contributed by atoms with Gasteiger partial charge >= 0.3 is 0 Å². The SMILES string of the molecule is CCC[C@H]1COC[C@H]2CN(Cc3cn[nH]c3-c3ccc(OC)cc3)CCN12. The lowest BCUT2D eigenvalue weighted by Gasteiger charge is -2.48. The molecule has 6 nitrogen and oxygen atoms in total. The van der Waals surface area contributed by atoms with Crippen LogP contribution in [0, 0.1) is 0 Å². The van der Waals surface area contributed by atoms with Crippen LogP contribution in [-0.4, -0.2) is 72.0 Å². The zero-order chi connectivity index (χ0) is 18.6. The lowest BCUT2D eigenvalue weighted by Crippen LogP contribution is -2.61. The van der Waals surface area contributed by atoms with Crippen molar-refractivity contribution < 1.29 is 9.47 Å². The molecule has 0 radical (unpaired) electrons. The van der Waals surface area contributed by atoms with E-state index in [2.05, 4.69) is 39.1 Å². The average molecular weight is 370 g/mol. The molecule has 2 aliphatic rings. The Morgan fingerprint density at radius 2 is 2.07 bits per heavy atom. The zero-order valence-corrected chi connectivity index (χ0v) is 16.4. The van der Waals surface area contributed by atoms with E-state index in [4.69, 9.17) is 9.47 Å². The molecule has 2 atom stereocenters. The predicted molar refractivity (Wildman–Crippen MR) is 106 cm³/mol. The van der Waals surface area contributed by atoms with Gasteiger partial charge in [0.25, 0.3) is 0 Å². The summed E-state index contributed by atoms with van der Waals surface area (Å²) in [4.78, 5) is 5.22. The Labute approximate surface area is 161 Å². The number of H-pyrrole nitrogens is 1. The number of hydrogen-bond donors (Lipinski definition) is 1. The van der Waals surface area contributed by atoms with E-state index < -0.39 is 0 Å². The predicted octanol–water partition coefficient (Wildman–Crippen LogP) is 2.77. The Balaban J connectivity index is 1.43. The van der Waals surface area contributed by atoms with Gasteiger partial charge in [0.15, 0.2) is 0 Å². The van der Waals surface area contributed by atoms with Crippen LogP contribution in [0.1, 0.15) is 25.3 Å². The van der Waals surface area contributed by atoms with E-state index >= 15 is 0 Å². The van der Waals surface area contributed by atoms with Gasteiger partial charge in [-0.1, -0.05) is 13.3 Å². The fourth-order valence-electron chi connectivity index (χ4n) is 4.40. The smallest absolute Gasteiger partial charge is 0.118 e. The molecule has 0 saturated carbocycles. The Hall–Kier alpha value is -1.89. The number of nitrogens with zero attached hydrogens (tertiary/aromatic N) is 3. The number of nitrogens with one attached hydrogen (secondary N) is 1. The van der Waals surface area contributed by atoms with Gasteiger partial charge in [0.1, 0.15) is 5.75 Å². The van der Waals surface area contributed by atoms with Crippen LogP contribution in [-0.2, 0) is 11.3 Å². The second-order valence-corrected chi connectivity index (χ2v) is 7.61. The number of aromatic nitrogens is 2. The Morgan fingerprint density at radius 3 is 2.85 bits per heavy atom. The van der Waals surface area contributed by atoms with Gasteiger partial charge in [0, 0.05) is 49.4 Å². The van der Waals surface area contributed by atoms with Crippen LogP contribution < -0.4 is 4.74 Å². The third-order valence-electron chi connectivity index (χ3n) is 5.81. The molecule has 1 aromatic heterocycles. The van der Waals surface area contributed by atoms with Crippen molar-refractivity contribution in [3.05, 3.63) is 36.0 Å². The van der Waals surface area contributed by atoms with E-state index in [0.717, 1.165) is 56.4 Å². The third-order valence-corrected chi connectivity index (χ3v) is 5.81. The van der Waals surface area contributed by atoms with Crippen LogP contribution in [0.3, 0.4) is 0 Å². The Bertz CT molecular complexity index is 728. The van der Waals surface area contributed by atoms with Crippen molar-refractivity contribution in [2.45, 2.75) is 38.4 Å². The van der Waals surface area contributed by atoms with Crippen LogP contribution >= 0.6 is 0 Å². The van der Waals surface area contributed by atoms with Gasteiger partial charge in [0.2, 0.25) is 0 Å². The molecule has 1 aromatic carbocycles. The van der Waals surface area contributed by atoms with Crippen LogP contribution in [0.25, 0.3) is 11.3 Å². The van der Waals surface area contributed by atoms with E-state index in [1.54, 1.807) is 7.11 Å². The largest absolute Gasteiger partial charge is 0.497 e. The molecule has 4 rings (SSSR count). The van der Waals surface area contributed by atoms with E-state index in [-0.39, 0.29) is 0 Å². The molecule has 2 aliphatic heterocycles. The summed E-state index contributed by atoms with van der Waals surface area (Å²) in [7, 11) is 1.69. The van der Waals surface area contributed by atoms with Crippen molar-refractivity contribution in [1.29, 1.82) is 0 Å². The lowest BCUT2D eigenvalue weighted by molar-refractivity contribution is -0.0840. The van der Waals surface area contributed by atoms with Crippen LogP contribution in [0.5, 0.6) is 5.75 Å². The standard InChI is InChI=1S/C21H30N4O2/c1-3-4-18-14-27-15-19-13-24(9-10-25(18)19)12-17-11-22-23-21(17)16-5-7-20(26-2)8-6-16/h5-8,11,18-19H,3-4,9-10,12-15H2,1-2H3,(H,22,23)/t18-,19+/m0/s1. The molecule has 0 spiro atoms. The highest BCUT2D eigenvalue weighted by Gasteiger charge is 2.35. The van der Waals surface area contributed by atoms with E-state index in [1.165, 1.54) is 18.4 Å². The highest BCUT2D eigenvalue weighted by Crippen LogP contribution is 2.27. The number of benzene rings is 1. The summed E-state index contributed by atoms with van der Waals surface area (Å²) in [6, 6.07) is 9.26. The summed E-state index contributed by atoms with van der Waals surface area (Å²) in [5.41, 5.74) is 3.49. The first-order valence-electron chi connectivity index (χ1n) is 10.0. The molecule has 2 fully saturated rings. The van der Waals surface area contributed by atoms with Gasteiger partial charge in [0.05, 0.1) is 32.2 Å². The first-order chi connectivity index (χ1) is 13.3. The summed E-state index contributed by atoms with van der Waals surface area (Å²) >= 11 is 0. The second kappa shape index (κ2) is 8.42. The van der Waals surface area contributed by atoms with Gasteiger partial charge in [-0.2, -0.15) is 5.10 Å². The normalized spacial score (nSPS) is 23.9. The van der Waals surface area contributed by atoms with Gasteiger partial charge in [-0.05, 0) is 30.7 Å². The van der Waals surface area contributed by atoms with E-state index in [9.17, 15) is 0 Å². The monoisotopic (exact) mass is 370 g/mol. The number of aromatic amines is 1. The van der Waals surface area contributed by atoms with Crippen molar-refractivity contribution in [3.8, 4) is 17.0 Å². The number of ether oxygens (including phenoxy) is 2. The molecule has 2 saturated heterocycles. The van der Waals surface area contributed by atoms with Gasteiger partial charge < -0.3 is 9.47 Å². The molecule has 0 bridgehead atoms. The molecule has 0 amide bonds. The van der Waals surface area contributed by atoms with Crippen molar-refractivity contribution >= 4 is 0 Å². The number of methoxy groups -OCH3 is 1. The Kier molecular flexibility index (Phi) is 5.76. The maximum Gasteiger partial charge on any atom is 0.118 e. The third kappa shape index (κ3) is 4.03. The molecule has 0 aliphatic carbocycles. The molecule has 0 unspecified atom stereocenters. The molecule has 2 aromatic rings. The minimum Gasteiger partial charge on any atom is -0.497 e. The lowest BCUT2D eigenvalue weighted by atomic mass is 10.0. The van der Waals surface area contributed by atoms with E-state index in [0.29, 0.717) is 12.1 Å². The maximum atomic E-state index is 5.90. The maximum absolute atomic E-state index is 5.90. The average Bonchev–Trinajstić information content (AvgIpc) is 3.16. The highest BCUT2D eigenvalue weighted by molar-refractivity contribution is 5.63. The number of morpholine rings is 1. The minimum absolute atomic E-state index is 0.514. The van der Waals surface area contributed by atoms with Crippen molar-refractivity contribution in [3.63, 3.8) is 0 Å². The fraction of sp³-hybridized carbons (Fsp3) is 0.571. The van der Waals surface area contributed by atoms with Crippen LogP contribution in [0.2, 0.25) is 0 Å². The summed E-state index contributed by atoms with van der Waals surface area (Å²) in [5.74, 6) is 0.870. The van der Waals surface area contributed by atoms with Gasteiger partial charge in [-0.15, -0.1) is 0 Å². The number of piperazine rings is 1. The molecular formula is C21H30N4O2. The first-order valence-corrected chi connectivity index (χ1v) is 10.0. The van der Waals surface area contributed by atoms with E-state index in [1.807, 2.05) is 18.3 Å². The minimum atomic E-state index is 0.514. The van der Waals surface area contributed by atoms with Crippen molar-refractivity contribution in [2.24, 2.45) is 0 Å². The summed E-state index contributed by atoms with van der Waals surface area (Å²) in [5, 5.41) is 7.48.